The third kappa shape index (κ3) is 13.8. The van der Waals surface area contributed by atoms with Crippen LogP contribution in [-0.4, -0.2) is 59.1 Å². The predicted molar refractivity (Wildman–Crippen MR) is 122 cm³/mol. The van der Waals surface area contributed by atoms with Gasteiger partial charge >= 0.3 is 0 Å². The molecule has 0 radical (unpaired) electrons. The van der Waals surface area contributed by atoms with Crippen molar-refractivity contribution in [1.29, 1.82) is 0 Å². The monoisotopic (exact) mass is 493 g/mol. The zero-order chi connectivity index (χ0) is 18.9. The summed E-state index contributed by atoms with van der Waals surface area (Å²) in [6.07, 6.45) is 1.95. The molecule has 0 aliphatic carbocycles. The van der Waals surface area contributed by atoms with Crippen LogP contribution in [-0.2, 0) is 14.2 Å². The first-order chi connectivity index (χ1) is 12.8. The molecule has 27 heavy (non-hydrogen) atoms. The molecule has 7 heteroatoms. The van der Waals surface area contributed by atoms with E-state index in [-0.39, 0.29) is 30.1 Å². The van der Waals surface area contributed by atoms with Crippen LogP contribution in [0.3, 0.4) is 0 Å². The molecule has 0 heterocycles. The van der Waals surface area contributed by atoms with E-state index in [2.05, 4.69) is 41.6 Å². The van der Waals surface area contributed by atoms with Gasteiger partial charge in [0.25, 0.3) is 0 Å². The number of aliphatic imine (C=N–C) groups is 1. The summed E-state index contributed by atoms with van der Waals surface area (Å²) >= 11 is 0. The van der Waals surface area contributed by atoms with E-state index in [1.807, 2.05) is 18.2 Å². The first-order valence-electron chi connectivity index (χ1n) is 9.53. The number of methoxy groups -OCH3 is 1. The number of ether oxygens (including phenoxy) is 3. The van der Waals surface area contributed by atoms with E-state index in [4.69, 9.17) is 14.2 Å². The highest BCUT2D eigenvalue weighted by atomic mass is 127. The number of rotatable bonds is 14. The molecule has 0 bridgehead atoms. The van der Waals surface area contributed by atoms with Crippen LogP contribution in [0.2, 0.25) is 0 Å². The maximum absolute atomic E-state index is 5.89. The predicted octanol–water partition coefficient (Wildman–Crippen LogP) is 3.38. The normalized spacial score (nSPS) is 12.3. The number of hydrogen-bond acceptors (Lipinski definition) is 4. The van der Waals surface area contributed by atoms with Crippen LogP contribution in [0.1, 0.15) is 38.4 Å². The average molecular weight is 493 g/mol. The van der Waals surface area contributed by atoms with E-state index in [9.17, 15) is 0 Å². The van der Waals surface area contributed by atoms with Gasteiger partial charge in [-0.2, -0.15) is 0 Å². The molecule has 0 saturated heterocycles. The van der Waals surface area contributed by atoms with Crippen molar-refractivity contribution >= 4 is 29.9 Å². The lowest BCUT2D eigenvalue weighted by atomic mass is 10.1. The highest BCUT2D eigenvalue weighted by Gasteiger charge is 2.04. The summed E-state index contributed by atoms with van der Waals surface area (Å²) in [7, 11) is 1.68. The summed E-state index contributed by atoms with van der Waals surface area (Å²) < 4.78 is 16.3. The van der Waals surface area contributed by atoms with Gasteiger partial charge < -0.3 is 24.8 Å². The number of benzene rings is 1. The lowest BCUT2D eigenvalue weighted by Crippen LogP contribution is -2.38. The van der Waals surface area contributed by atoms with E-state index in [1.165, 1.54) is 5.56 Å². The molecule has 6 nitrogen and oxygen atoms in total. The second-order valence-electron chi connectivity index (χ2n) is 5.92. The minimum absolute atomic E-state index is 0. The molecule has 0 amide bonds. The fraction of sp³-hybridized carbons (Fsp3) is 0.650. The Balaban J connectivity index is 0.00000676. The summed E-state index contributed by atoms with van der Waals surface area (Å²) in [5.74, 6) is 0.848. The van der Waals surface area contributed by atoms with Crippen molar-refractivity contribution < 1.29 is 14.2 Å². The Bertz CT molecular complexity index is 475. The average Bonchev–Trinajstić information content (AvgIpc) is 2.67. The van der Waals surface area contributed by atoms with Crippen molar-refractivity contribution in [1.82, 2.24) is 10.6 Å². The van der Waals surface area contributed by atoms with Gasteiger partial charge in [-0.05, 0) is 32.3 Å². The summed E-state index contributed by atoms with van der Waals surface area (Å²) in [5, 5.41) is 6.60. The number of nitrogens with zero attached hydrogens (tertiary/aromatic N) is 1. The minimum Gasteiger partial charge on any atom is -0.382 e. The van der Waals surface area contributed by atoms with Gasteiger partial charge in [0.05, 0.1) is 19.3 Å². The summed E-state index contributed by atoms with van der Waals surface area (Å²) in [5.41, 5.74) is 1.21. The van der Waals surface area contributed by atoms with E-state index < -0.39 is 0 Å². The SMILES string of the molecule is CCNC(=NCCCOCCOC)NCCCOC(C)c1ccccc1.I. The zero-order valence-corrected chi connectivity index (χ0v) is 19.2. The largest absolute Gasteiger partial charge is 0.382 e. The van der Waals surface area contributed by atoms with Crippen molar-refractivity contribution in [2.45, 2.75) is 32.8 Å². The van der Waals surface area contributed by atoms with Gasteiger partial charge in [-0.25, -0.2) is 0 Å². The van der Waals surface area contributed by atoms with Crippen molar-refractivity contribution in [2.75, 3.05) is 53.2 Å². The standard InChI is InChI=1S/C20H35N3O3.HI/c1-4-21-20(22-12-8-14-25-17-16-24-3)23-13-9-15-26-18(2)19-10-6-5-7-11-19;/h5-7,10-11,18H,4,8-9,12-17H2,1-3H3,(H2,21,22,23);1H. The van der Waals surface area contributed by atoms with Crippen LogP contribution in [0.15, 0.2) is 35.3 Å². The van der Waals surface area contributed by atoms with E-state index in [0.29, 0.717) is 19.8 Å². The van der Waals surface area contributed by atoms with Crippen molar-refractivity contribution in [2.24, 2.45) is 4.99 Å². The molecule has 1 aromatic rings. The van der Waals surface area contributed by atoms with Crippen LogP contribution >= 0.6 is 24.0 Å². The first kappa shape index (κ1) is 26.1. The van der Waals surface area contributed by atoms with Crippen LogP contribution in [0, 0.1) is 0 Å². The van der Waals surface area contributed by atoms with Gasteiger partial charge in [0.15, 0.2) is 5.96 Å². The van der Waals surface area contributed by atoms with Gasteiger partial charge in [-0.15, -0.1) is 24.0 Å². The molecule has 0 spiro atoms. The van der Waals surface area contributed by atoms with Gasteiger partial charge in [0.1, 0.15) is 0 Å². The van der Waals surface area contributed by atoms with Crippen LogP contribution in [0.25, 0.3) is 0 Å². The van der Waals surface area contributed by atoms with Crippen molar-refractivity contribution in [3.63, 3.8) is 0 Å². The number of nitrogens with one attached hydrogen (secondary N) is 2. The van der Waals surface area contributed by atoms with Crippen LogP contribution in [0.4, 0.5) is 0 Å². The number of hydrogen-bond donors (Lipinski definition) is 2. The highest BCUT2D eigenvalue weighted by Crippen LogP contribution is 2.15. The van der Waals surface area contributed by atoms with E-state index in [0.717, 1.165) is 45.0 Å². The van der Waals surface area contributed by atoms with Crippen LogP contribution < -0.4 is 10.6 Å². The Morgan fingerprint density at radius 2 is 1.81 bits per heavy atom. The Kier molecular flexibility index (Phi) is 17.8. The van der Waals surface area contributed by atoms with Crippen molar-refractivity contribution in [3.8, 4) is 0 Å². The zero-order valence-electron chi connectivity index (χ0n) is 16.9. The maximum Gasteiger partial charge on any atom is 0.191 e. The summed E-state index contributed by atoms with van der Waals surface area (Å²) in [6.45, 7) is 9.27. The Morgan fingerprint density at radius 3 is 2.52 bits per heavy atom. The lowest BCUT2D eigenvalue weighted by molar-refractivity contribution is 0.0646. The van der Waals surface area contributed by atoms with E-state index in [1.54, 1.807) is 7.11 Å². The summed E-state index contributed by atoms with van der Waals surface area (Å²) in [6, 6.07) is 10.3. The molecular weight excluding hydrogens is 457 g/mol. The molecule has 156 valence electrons. The second kappa shape index (κ2) is 18.5. The second-order valence-corrected chi connectivity index (χ2v) is 5.92. The Hall–Kier alpha value is -0.900. The molecule has 0 aromatic heterocycles. The smallest absolute Gasteiger partial charge is 0.191 e. The van der Waals surface area contributed by atoms with Gasteiger partial charge in [0.2, 0.25) is 0 Å². The molecule has 0 saturated carbocycles. The molecule has 0 aliphatic rings. The molecule has 0 aliphatic heterocycles. The molecule has 1 unspecified atom stereocenters. The van der Waals surface area contributed by atoms with Gasteiger partial charge in [-0.1, -0.05) is 30.3 Å². The van der Waals surface area contributed by atoms with Gasteiger partial charge in [-0.3, -0.25) is 4.99 Å². The molecule has 0 fully saturated rings. The third-order valence-corrected chi connectivity index (χ3v) is 3.74. The maximum atomic E-state index is 5.89. The third-order valence-electron chi connectivity index (χ3n) is 3.74. The van der Waals surface area contributed by atoms with Crippen LogP contribution in [0.5, 0.6) is 0 Å². The Labute approximate surface area is 181 Å². The topological polar surface area (TPSA) is 64.1 Å². The molecule has 1 atom stereocenters. The first-order valence-corrected chi connectivity index (χ1v) is 9.53. The fourth-order valence-electron chi connectivity index (χ4n) is 2.30. The number of halogens is 1. The molecule has 1 rings (SSSR count). The summed E-state index contributed by atoms with van der Waals surface area (Å²) in [4.78, 5) is 4.55. The van der Waals surface area contributed by atoms with Crippen molar-refractivity contribution in [3.05, 3.63) is 35.9 Å². The molecule has 1 aromatic carbocycles. The quantitative estimate of drug-likeness (QED) is 0.180. The number of guanidine groups is 1. The lowest BCUT2D eigenvalue weighted by Gasteiger charge is -2.14. The van der Waals surface area contributed by atoms with Gasteiger partial charge in [0, 0.05) is 40.0 Å². The highest BCUT2D eigenvalue weighted by molar-refractivity contribution is 14.0. The minimum atomic E-state index is 0. The van der Waals surface area contributed by atoms with E-state index >= 15 is 0 Å². The molecule has 2 N–H and O–H groups in total. The fourth-order valence-corrected chi connectivity index (χ4v) is 2.30. The molecular formula is C20H36IN3O3. The Morgan fingerprint density at radius 1 is 1.04 bits per heavy atom.